The molecule has 0 amide bonds. The van der Waals surface area contributed by atoms with E-state index in [0.29, 0.717) is 12.3 Å². The lowest BCUT2D eigenvalue weighted by Crippen LogP contribution is -2.40. The Balaban J connectivity index is 1.76. The molecule has 2 N–H and O–H groups in total. The number of anilines is 1. The summed E-state index contributed by atoms with van der Waals surface area (Å²) in [6.07, 6.45) is 9.45. The first kappa shape index (κ1) is 18.4. The van der Waals surface area contributed by atoms with Crippen LogP contribution in [-0.2, 0) is 16.1 Å². The van der Waals surface area contributed by atoms with Gasteiger partial charge >= 0.3 is 0 Å². The van der Waals surface area contributed by atoms with Crippen LogP contribution in [0.1, 0.15) is 37.5 Å². The number of terminal acetylenes is 1. The lowest BCUT2D eigenvalue weighted by molar-refractivity contribution is -0.0779. The zero-order valence-electron chi connectivity index (χ0n) is 15.9. The molecule has 1 aliphatic rings. The molecule has 2 aromatic heterocycles. The summed E-state index contributed by atoms with van der Waals surface area (Å²) in [6.45, 7) is 4.55. The maximum atomic E-state index is 6.41. The summed E-state index contributed by atoms with van der Waals surface area (Å²) < 4.78 is 14.3. The van der Waals surface area contributed by atoms with E-state index in [1.807, 2.05) is 30.3 Å². The van der Waals surface area contributed by atoms with Crippen LogP contribution in [0.5, 0.6) is 0 Å². The minimum absolute atomic E-state index is 0.00894. The van der Waals surface area contributed by atoms with Crippen molar-refractivity contribution in [3.05, 3.63) is 54.0 Å². The van der Waals surface area contributed by atoms with Crippen LogP contribution in [0.2, 0.25) is 0 Å². The molecule has 7 nitrogen and oxygen atoms in total. The molecule has 1 unspecified atom stereocenters. The molecule has 1 aromatic carbocycles. The Morgan fingerprint density at radius 2 is 2.11 bits per heavy atom. The molecule has 4 atom stereocenters. The normalized spacial score (nSPS) is 27.1. The van der Waals surface area contributed by atoms with Gasteiger partial charge in [-0.1, -0.05) is 50.1 Å². The second-order valence-electron chi connectivity index (χ2n) is 7.03. The van der Waals surface area contributed by atoms with Crippen LogP contribution < -0.4 is 5.73 Å². The minimum Gasteiger partial charge on any atom is -0.368 e. The smallest absolute Gasteiger partial charge is 0.224 e. The van der Waals surface area contributed by atoms with Crippen molar-refractivity contribution in [1.29, 1.82) is 0 Å². The topological polar surface area (TPSA) is 87.6 Å². The number of nitrogens with two attached hydrogens (primary N) is 1. The van der Waals surface area contributed by atoms with Crippen LogP contribution in [-0.4, -0.2) is 31.3 Å². The first-order valence-electron chi connectivity index (χ1n) is 9.36. The van der Waals surface area contributed by atoms with Crippen LogP contribution in [0.15, 0.2) is 42.9 Å². The quantitative estimate of drug-likeness (QED) is 0.688. The molecule has 3 heterocycles. The molecule has 7 heteroatoms. The van der Waals surface area contributed by atoms with E-state index < -0.39 is 11.7 Å². The number of fused-ring (bicyclic) bond motifs is 1. The van der Waals surface area contributed by atoms with E-state index in [9.17, 15) is 0 Å². The van der Waals surface area contributed by atoms with E-state index in [1.165, 1.54) is 10.8 Å². The summed E-state index contributed by atoms with van der Waals surface area (Å²) in [5.74, 6) is 3.17. The number of nitrogens with zero attached hydrogens (tertiary/aromatic N) is 4. The van der Waals surface area contributed by atoms with Crippen molar-refractivity contribution in [2.75, 3.05) is 5.73 Å². The second-order valence-corrected chi connectivity index (χ2v) is 7.03. The highest BCUT2D eigenvalue weighted by molar-refractivity contribution is 5.52. The van der Waals surface area contributed by atoms with Gasteiger partial charge in [-0.15, -0.1) is 6.42 Å². The fraction of sp³-hybridized carbons (Fsp3) is 0.381. The van der Waals surface area contributed by atoms with Crippen molar-refractivity contribution in [2.24, 2.45) is 5.92 Å². The van der Waals surface area contributed by atoms with Crippen LogP contribution in [0, 0.1) is 18.3 Å². The van der Waals surface area contributed by atoms with Crippen molar-refractivity contribution in [2.45, 2.75) is 44.7 Å². The highest BCUT2D eigenvalue weighted by Crippen LogP contribution is 2.49. The van der Waals surface area contributed by atoms with Crippen molar-refractivity contribution >= 4 is 11.6 Å². The molecular formula is C21H23N5O2. The standard InChI is InChI=1S/C21H23N5O2/c1-4-17-14(3)21(5-2,27-12-15-9-7-6-8-10-15)18(28-17)16-11-25-26-19(16)23-13-24-20(26)22/h2,6-11,13-14,17-18H,4,12H2,1,3H3,(H2,22,23,24)/t14-,17-,18?,21-/m1/s1. The van der Waals surface area contributed by atoms with Gasteiger partial charge < -0.3 is 15.2 Å². The van der Waals surface area contributed by atoms with E-state index in [2.05, 4.69) is 34.8 Å². The van der Waals surface area contributed by atoms with Gasteiger partial charge in [-0.2, -0.15) is 9.61 Å². The van der Waals surface area contributed by atoms with Gasteiger partial charge in [-0.25, -0.2) is 9.97 Å². The Kier molecular flexibility index (Phi) is 4.75. The number of ether oxygens (including phenoxy) is 2. The number of benzene rings is 1. The first-order chi connectivity index (χ1) is 13.6. The predicted octanol–water partition coefficient (Wildman–Crippen LogP) is 2.78. The lowest BCUT2D eigenvalue weighted by Gasteiger charge is -2.32. The van der Waals surface area contributed by atoms with Crippen molar-refractivity contribution in [1.82, 2.24) is 19.6 Å². The molecule has 0 saturated carbocycles. The molecular weight excluding hydrogens is 354 g/mol. The highest BCUT2D eigenvalue weighted by Gasteiger charge is 2.55. The predicted molar refractivity (Wildman–Crippen MR) is 105 cm³/mol. The van der Waals surface area contributed by atoms with Crippen molar-refractivity contribution in [3.8, 4) is 12.3 Å². The van der Waals surface area contributed by atoms with E-state index >= 15 is 0 Å². The number of nitrogen functional groups attached to an aromatic ring is 1. The summed E-state index contributed by atoms with van der Waals surface area (Å²) >= 11 is 0. The van der Waals surface area contributed by atoms with Gasteiger partial charge in [0.05, 0.1) is 18.9 Å². The minimum atomic E-state index is -0.945. The van der Waals surface area contributed by atoms with Gasteiger partial charge in [0.15, 0.2) is 11.2 Å². The molecule has 0 radical (unpaired) electrons. The molecule has 0 spiro atoms. The Labute approximate surface area is 163 Å². The largest absolute Gasteiger partial charge is 0.368 e. The van der Waals surface area contributed by atoms with E-state index in [0.717, 1.165) is 17.5 Å². The number of hydrogen-bond donors (Lipinski definition) is 1. The van der Waals surface area contributed by atoms with Crippen molar-refractivity contribution < 1.29 is 9.47 Å². The molecule has 1 aliphatic heterocycles. The molecule has 1 saturated heterocycles. The number of aromatic nitrogens is 4. The maximum Gasteiger partial charge on any atom is 0.224 e. The van der Waals surface area contributed by atoms with Gasteiger partial charge in [0, 0.05) is 11.5 Å². The molecule has 28 heavy (non-hydrogen) atoms. The Morgan fingerprint density at radius 3 is 2.82 bits per heavy atom. The van der Waals surface area contributed by atoms with Gasteiger partial charge in [0.2, 0.25) is 5.95 Å². The average molecular weight is 377 g/mol. The van der Waals surface area contributed by atoms with Crippen LogP contribution in [0.3, 0.4) is 0 Å². The first-order valence-corrected chi connectivity index (χ1v) is 9.36. The molecule has 0 bridgehead atoms. The second kappa shape index (κ2) is 7.23. The monoisotopic (exact) mass is 377 g/mol. The zero-order valence-corrected chi connectivity index (χ0v) is 15.9. The number of rotatable bonds is 5. The van der Waals surface area contributed by atoms with Gasteiger partial charge in [0.25, 0.3) is 0 Å². The molecule has 0 aliphatic carbocycles. The fourth-order valence-corrected chi connectivity index (χ4v) is 3.93. The zero-order chi connectivity index (χ0) is 19.7. The third kappa shape index (κ3) is 2.82. The highest BCUT2D eigenvalue weighted by atomic mass is 16.6. The third-order valence-electron chi connectivity index (χ3n) is 5.52. The SMILES string of the molecule is C#C[C@]1(OCc2ccccc2)C(c2cnn3c(N)ncnc23)O[C@H](CC)[C@H]1C. The summed E-state index contributed by atoms with van der Waals surface area (Å²) in [4.78, 5) is 8.33. The summed E-state index contributed by atoms with van der Waals surface area (Å²) in [7, 11) is 0. The molecule has 4 rings (SSSR count). The summed E-state index contributed by atoms with van der Waals surface area (Å²) in [6, 6.07) is 9.96. The van der Waals surface area contributed by atoms with E-state index in [-0.39, 0.29) is 18.0 Å². The summed E-state index contributed by atoms with van der Waals surface area (Å²) in [5.41, 5.74) is 7.35. The maximum absolute atomic E-state index is 6.41. The summed E-state index contributed by atoms with van der Waals surface area (Å²) in [5, 5.41) is 4.32. The average Bonchev–Trinajstić information content (AvgIpc) is 3.27. The van der Waals surface area contributed by atoms with E-state index in [4.69, 9.17) is 21.6 Å². The van der Waals surface area contributed by atoms with Gasteiger partial charge in [0.1, 0.15) is 12.4 Å². The van der Waals surface area contributed by atoms with Crippen LogP contribution in [0.25, 0.3) is 5.65 Å². The molecule has 3 aromatic rings. The Bertz CT molecular complexity index is 1010. The Hall–Kier alpha value is -2.95. The van der Waals surface area contributed by atoms with Crippen LogP contribution >= 0.6 is 0 Å². The Morgan fingerprint density at radius 1 is 1.32 bits per heavy atom. The number of hydrogen-bond acceptors (Lipinski definition) is 6. The van der Waals surface area contributed by atoms with Crippen LogP contribution in [0.4, 0.5) is 5.95 Å². The lowest BCUT2D eigenvalue weighted by atomic mass is 9.81. The third-order valence-corrected chi connectivity index (χ3v) is 5.52. The van der Waals surface area contributed by atoms with E-state index in [1.54, 1.807) is 6.20 Å². The van der Waals surface area contributed by atoms with Crippen molar-refractivity contribution in [3.63, 3.8) is 0 Å². The van der Waals surface area contributed by atoms with Gasteiger partial charge in [-0.05, 0) is 12.0 Å². The molecule has 1 fully saturated rings. The molecule has 144 valence electrons. The fourth-order valence-electron chi connectivity index (χ4n) is 3.93. The van der Waals surface area contributed by atoms with Gasteiger partial charge in [-0.3, -0.25) is 0 Å².